The van der Waals surface area contributed by atoms with Crippen LogP contribution >= 0.6 is 34.8 Å². The maximum atomic E-state index is 12.6. The van der Waals surface area contributed by atoms with E-state index in [0.29, 0.717) is 45.4 Å². The van der Waals surface area contributed by atoms with Crippen LogP contribution < -0.4 is 10.1 Å². The smallest absolute Gasteiger partial charge is 0.256 e. The molecule has 1 amide bonds. The quantitative estimate of drug-likeness (QED) is 0.296. The monoisotopic (exact) mass is 499 g/mol. The fourth-order valence-electron chi connectivity index (χ4n) is 3.18. The molecule has 0 fully saturated rings. The minimum atomic E-state index is -0.259. The second-order valence-corrected chi connectivity index (χ2v) is 8.69. The van der Waals surface area contributed by atoms with Crippen molar-refractivity contribution in [2.24, 2.45) is 0 Å². The van der Waals surface area contributed by atoms with E-state index >= 15 is 0 Å². The summed E-state index contributed by atoms with van der Waals surface area (Å²) in [6.07, 6.45) is 1.76. The Kier molecular flexibility index (Phi) is 7.23. The molecule has 0 atom stereocenters. The third-order valence-electron chi connectivity index (χ3n) is 4.96. The molecule has 0 aliphatic carbocycles. The number of aromatic nitrogens is 2. The maximum absolute atomic E-state index is 12.6. The van der Waals surface area contributed by atoms with Gasteiger partial charge in [-0.3, -0.25) is 9.48 Å². The summed E-state index contributed by atoms with van der Waals surface area (Å²) in [6.45, 7) is 2.72. The molecule has 5 nitrogen and oxygen atoms in total. The summed E-state index contributed by atoms with van der Waals surface area (Å²) in [5.74, 6) is 0.807. The van der Waals surface area contributed by atoms with E-state index in [2.05, 4.69) is 10.4 Å². The molecule has 1 aromatic heterocycles. The van der Waals surface area contributed by atoms with E-state index in [-0.39, 0.29) is 5.91 Å². The summed E-state index contributed by atoms with van der Waals surface area (Å²) in [5.41, 5.74) is 3.27. The first-order valence-electron chi connectivity index (χ1n) is 10.1. The summed E-state index contributed by atoms with van der Waals surface area (Å²) in [6, 6.07) is 19.9. The Morgan fingerprint density at radius 3 is 2.42 bits per heavy atom. The van der Waals surface area contributed by atoms with E-state index in [4.69, 9.17) is 39.5 Å². The number of aryl methyl sites for hydroxylation is 1. The Bertz CT molecular complexity index is 1270. The average molecular weight is 501 g/mol. The van der Waals surface area contributed by atoms with Crippen LogP contribution in [0.1, 0.15) is 27.0 Å². The standard InChI is InChI=1S/C25H20Cl3N3O2/c1-16-5-10-22(28)23(13-16)33-15-17-6-8-18(9-7-17)25(32)29-24-11-12-31(30-24)14-19-20(26)3-2-4-21(19)27/h2-13H,14-15H2,1H3,(H,29,30,32). The number of carbonyl (C=O) groups is 1. The molecule has 0 aliphatic heterocycles. The number of nitrogens with zero attached hydrogens (tertiary/aromatic N) is 2. The van der Waals surface area contributed by atoms with Gasteiger partial charge in [-0.05, 0) is 54.4 Å². The van der Waals surface area contributed by atoms with Crippen molar-refractivity contribution >= 4 is 46.5 Å². The summed E-state index contributed by atoms with van der Waals surface area (Å²) in [4.78, 5) is 12.6. The number of ether oxygens (including phenoxy) is 1. The molecule has 33 heavy (non-hydrogen) atoms. The molecule has 0 radical (unpaired) electrons. The van der Waals surface area contributed by atoms with Gasteiger partial charge in [0, 0.05) is 33.4 Å². The molecule has 8 heteroatoms. The average Bonchev–Trinajstić information content (AvgIpc) is 3.24. The second-order valence-electron chi connectivity index (χ2n) is 7.47. The lowest BCUT2D eigenvalue weighted by Gasteiger charge is -2.09. The van der Waals surface area contributed by atoms with Crippen molar-refractivity contribution in [2.45, 2.75) is 20.1 Å². The zero-order valence-corrected chi connectivity index (χ0v) is 20.0. The molecule has 1 heterocycles. The Morgan fingerprint density at radius 2 is 1.70 bits per heavy atom. The molecule has 0 saturated carbocycles. The summed E-state index contributed by atoms with van der Waals surface area (Å²) in [5, 5.41) is 8.88. The number of anilines is 1. The van der Waals surface area contributed by atoms with Crippen LogP contribution in [-0.4, -0.2) is 15.7 Å². The fourth-order valence-corrected chi connectivity index (χ4v) is 3.87. The Hall–Kier alpha value is -2.99. The lowest BCUT2D eigenvalue weighted by Crippen LogP contribution is -2.13. The van der Waals surface area contributed by atoms with E-state index in [1.54, 1.807) is 47.3 Å². The molecule has 0 unspecified atom stereocenters. The third kappa shape index (κ3) is 5.88. The van der Waals surface area contributed by atoms with Crippen molar-refractivity contribution < 1.29 is 9.53 Å². The second kappa shape index (κ2) is 10.3. The summed E-state index contributed by atoms with van der Waals surface area (Å²) < 4.78 is 7.47. The van der Waals surface area contributed by atoms with Gasteiger partial charge in [-0.1, -0.05) is 59.1 Å². The third-order valence-corrected chi connectivity index (χ3v) is 5.98. The first kappa shape index (κ1) is 23.2. The highest BCUT2D eigenvalue weighted by molar-refractivity contribution is 6.36. The molecule has 0 saturated heterocycles. The Labute approximate surface area is 206 Å². The van der Waals surface area contributed by atoms with Crippen molar-refractivity contribution in [3.8, 4) is 5.75 Å². The van der Waals surface area contributed by atoms with Gasteiger partial charge in [0.05, 0.1) is 11.6 Å². The van der Waals surface area contributed by atoms with Crippen molar-refractivity contribution in [3.63, 3.8) is 0 Å². The van der Waals surface area contributed by atoms with Gasteiger partial charge in [-0.25, -0.2) is 0 Å². The molecular weight excluding hydrogens is 481 g/mol. The molecule has 3 aromatic carbocycles. The van der Waals surface area contributed by atoms with Gasteiger partial charge >= 0.3 is 0 Å². The largest absolute Gasteiger partial charge is 0.487 e. The highest BCUT2D eigenvalue weighted by Gasteiger charge is 2.11. The van der Waals surface area contributed by atoms with E-state index in [0.717, 1.165) is 16.7 Å². The van der Waals surface area contributed by atoms with Crippen LogP contribution in [0.2, 0.25) is 15.1 Å². The van der Waals surface area contributed by atoms with Crippen LogP contribution in [0.25, 0.3) is 0 Å². The highest BCUT2D eigenvalue weighted by Crippen LogP contribution is 2.27. The summed E-state index contributed by atoms with van der Waals surface area (Å²) >= 11 is 18.6. The minimum Gasteiger partial charge on any atom is -0.487 e. The first-order chi connectivity index (χ1) is 15.9. The fraction of sp³-hybridized carbons (Fsp3) is 0.120. The van der Waals surface area contributed by atoms with Crippen LogP contribution in [0.5, 0.6) is 5.75 Å². The topological polar surface area (TPSA) is 56.1 Å². The molecule has 0 aliphatic rings. The van der Waals surface area contributed by atoms with Crippen molar-refractivity contribution in [1.29, 1.82) is 0 Å². The minimum absolute atomic E-state index is 0.259. The van der Waals surface area contributed by atoms with Crippen LogP contribution in [0, 0.1) is 6.92 Å². The number of nitrogens with one attached hydrogen (secondary N) is 1. The zero-order valence-electron chi connectivity index (χ0n) is 17.7. The lowest BCUT2D eigenvalue weighted by molar-refractivity contribution is 0.102. The number of carbonyl (C=O) groups excluding carboxylic acids is 1. The SMILES string of the molecule is Cc1ccc(Cl)c(OCc2ccc(C(=O)Nc3ccn(Cc4c(Cl)cccc4Cl)n3)cc2)c1. The number of benzene rings is 3. The van der Waals surface area contributed by atoms with Gasteiger partial charge in [-0.2, -0.15) is 5.10 Å². The molecule has 0 spiro atoms. The van der Waals surface area contributed by atoms with Gasteiger partial charge in [0.25, 0.3) is 5.91 Å². The maximum Gasteiger partial charge on any atom is 0.256 e. The number of hydrogen-bond donors (Lipinski definition) is 1. The van der Waals surface area contributed by atoms with Crippen molar-refractivity contribution in [3.05, 3.63) is 110 Å². The first-order valence-corrected chi connectivity index (χ1v) is 11.3. The van der Waals surface area contributed by atoms with Gasteiger partial charge in [-0.15, -0.1) is 0 Å². The summed E-state index contributed by atoms with van der Waals surface area (Å²) in [7, 11) is 0. The van der Waals surface area contributed by atoms with E-state index in [1.807, 2.05) is 37.3 Å². The van der Waals surface area contributed by atoms with Crippen LogP contribution in [0.15, 0.2) is 72.9 Å². The van der Waals surface area contributed by atoms with Gasteiger partial charge in [0.15, 0.2) is 5.82 Å². The molecule has 4 aromatic rings. The number of amides is 1. The predicted octanol–water partition coefficient (Wildman–Crippen LogP) is 7.03. The van der Waals surface area contributed by atoms with E-state index in [1.165, 1.54) is 0 Å². The van der Waals surface area contributed by atoms with Crippen LogP contribution in [-0.2, 0) is 13.2 Å². The molecule has 1 N–H and O–H groups in total. The number of hydrogen-bond acceptors (Lipinski definition) is 3. The predicted molar refractivity (Wildman–Crippen MR) is 133 cm³/mol. The highest BCUT2D eigenvalue weighted by atomic mass is 35.5. The molecule has 0 bridgehead atoms. The molecule has 168 valence electrons. The van der Waals surface area contributed by atoms with E-state index in [9.17, 15) is 4.79 Å². The van der Waals surface area contributed by atoms with Crippen LogP contribution in [0.4, 0.5) is 5.82 Å². The van der Waals surface area contributed by atoms with Gasteiger partial charge < -0.3 is 10.1 Å². The van der Waals surface area contributed by atoms with Crippen molar-refractivity contribution in [2.75, 3.05) is 5.32 Å². The van der Waals surface area contributed by atoms with Gasteiger partial charge in [0.1, 0.15) is 12.4 Å². The number of halogens is 3. The lowest BCUT2D eigenvalue weighted by atomic mass is 10.1. The normalized spacial score (nSPS) is 10.8. The van der Waals surface area contributed by atoms with Crippen molar-refractivity contribution in [1.82, 2.24) is 9.78 Å². The van der Waals surface area contributed by atoms with Crippen LogP contribution in [0.3, 0.4) is 0 Å². The number of rotatable bonds is 7. The Balaban J connectivity index is 1.36. The zero-order chi connectivity index (χ0) is 23.4. The van der Waals surface area contributed by atoms with Gasteiger partial charge in [0.2, 0.25) is 0 Å². The molecular formula is C25H20Cl3N3O2. The Morgan fingerprint density at radius 1 is 0.970 bits per heavy atom. The molecule has 4 rings (SSSR count). The van der Waals surface area contributed by atoms with E-state index < -0.39 is 0 Å².